The van der Waals surface area contributed by atoms with Crippen LogP contribution in [0.3, 0.4) is 0 Å². The van der Waals surface area contributed by atoms with Gasteiger partial charge in [0, 0.05) is 48.3 Å². The van der Waals surface area contributed by atoms with Crippen LogP contribution in [0.4, 0.5) is 0 Å². The molecule has 2 aromatic rings. The first-order valence-electron chi connectivity index (χ1n) is 12.9. The predicted octanol–water partition coefficient (Wildman–Crippen LogP) is 4.40. The maximum Gasteiger partial charge on any atom is 0.337 e. The molecule has 2 aromatic carbocycles. The molecule has 2 heterocycles. The molecule has 2 atom stereocenters. The molecule has 5 rings (SSSR count). The minimum atomic E-state index is -0.603. The number of allylic oxidation sites excluding steroid dienone is 3. The average molecular weight is 503 g/mol. The maximum atomic E-state index is 13.8. The number of benzene rings is 2. The highest BCUT2D eigenvalue weighted by atomic mass is 16.5. The van der Waals surface area contributed by atoms with Gasteiger partial charge < -0.3 is 24.8 Å². The third-order valence-electron chi connectivity index (χ3n) is 7.77. The molecule has 0 spiro atoms. The van der Waals surface area contributed by atoms with Gasteiger partial charge in [-0.05, 0) is 62.6 Å². The molecule has 0 bridgehead atoms. The second-order valence-corrected chi connectivity index (χ2v) is 10.3. The van der Waals surface area contributed by atoms with Crippen LogP contribution in [0.2, 0.25) is 0 Å². The molecule has 0 amide bonds. The summed E-state index contributed by atoms with van der Waals surface area (Å²) < 4.78 is 11.6. The molecule has 7 nitrogen and oxygen atoms in total. The number of hydrogen-bond donors (Lipinski definition) is 2. The number of ether oxygens (including phenoxy) is 2. The van der Waals surface area contributed by atoms with Crippen molar-refractivity contribution in [3.63, 3.8) is 0 Å². The Hall–Kier alpha value is -3.58. The minimum absolute atomic E-state index is 0.0184. The number of ketones is 1. The van der Waals surface area contributed by atoms with Crippen molar-refractivity contribution < 1.29 is 24.2 Å². The molecule has 0 saturated carbocycles. The largest absolute Gasteiger partial charge is 0.508 e. The molecule has 0 unspecified atom stereocenters. The van der Waals surface area contributed by atoms with Gasteiger partial charge in [0.15, 0.2) is 5.78 Å². The van der Waals surface area contributed by atoms with Crippen LogP contribution in [0.1, 0.15) is 55.6 Å². The average Bonchev–Trinajstić information content (AvgIpc) is 2.89. The zero-order chi connectivity index (χ0) is 26.1. The van der Waals surface area contributed by atoms with Crippen molar-refractivity contribution in [1.82, 2.24) is 10.2 Å². The number of likely N-dealkylation sites (tertiary alicyclic amines) is 1. The van der Waals surface area contributed by atoms with Crippen molar-refractivity contribution >= 4 is 11.8 Å². The summed E-state index contributed by atoms with van der Waals surface area (Å²) in [5, 5.41) is 13.7. The number of hydrogen-bond acceptors (Lipinski definition) is 7. The Morgan fingerprint density at radius 2 is 1.84 bits per heavy atom. The van der Waals surface area contributed by atoms with Gasteiger partial charge in [0.2, 0.25) is 0 Å². The number of Topliss-reactive ketones (excluding diaryl/α,β-unsaturated/α-hetero) is 1. The van der Waals surface area contributed by atoms with Crippen molar-refractivity contribution in [2.24, 2.45) is 0 Å². The number of aromatic hydroxyl groups is 1. The number of esters is 1. The van der Waals surface area contributed by atoms with E-state index < -0.39 is 11.9 Å². The first kappa shape index (κ1) is 25.1. The molecule has 2 aliphatic heterocycles. The number of nitrogens with zero attached hydrogens (tertiary/aromatic N) is 1. The fraction of sp³-hybridized carbons (Fsp3) is 0.400. The number of phenolic OH excluding ortho intramolecular Hbond substituents is 1. The fourth-order valence-electron chi connectivity index (χ4n) is 5.89. The molecular weight excluding hydrogens is 468 g/mol. The first-order valence-corrected chi connectivity index (χ1v) is 12.9. The Bertz CT molecular complexity index is 1270. The number of para-hydroxylation sites is 1. The number of methoxy groups -OCH3 is 1. The van der Waals surface area contributed by atoms with Crippen LogP contribution >= 0.6 is 0 Å². The van der Waals surface area contributed by atoms with E-state index in [1.807, 2.05) is 37.3 Å². The van der Waals surface area contributed by atoms with Crippen molar-refractivity contribution in [2.75, 3.05) is 27.2 Å². The molecule has 194 valence electrons. The molecule has 1 aliphatic carbocycles. The summed E-state index contributed by atoms with van der Waals surface area (Å²) in [5.74, 6) is -0.212. The van der Waals surface area contributed by atoms with E-state index in [9.17, 15) is 14.7 Å². The quantitative estimate of drug-likeness (QED) is 0.586. The Balaban J connectivity index is 1.52. The van der Waals surface area contributed by atoms with E-state index in [0.717, 1.165) is 42.9 Å². The summed E-state index contributed by atoms with van der Waals surface area (Å²) in [6.45, 7) is 3.62. The lowest BCUT2D eigenvalue weighted by Crippen LogP contribution is -2.39. The molecule has 1 saturated heterocycles. The van der Waals surface area contributed by atoms with Crippen molar-refractivity contribution in [3.05, 3.63) is 82.2 Å². The molecule has 3 aliphatic rings. The number of phenols is 1. The highest BCUT2D eigenvalue weighted by Gasteiger charge is 2.42. The van der Waals surface area contributed by atoms with Gasteiger partial charge in [-0.15, -0.1) is 0 Å². The van der Waals surface area contributed by atoms with Gasteiger partial charge in [0.05, 0.1) is 12.7 Å². The maximum absolute atomic E-state index is 13.8. The molecule has 2 N–H and O–H groups in total. The van der Waals surface area contributed by atoms with Gasteiger partial charge in [-0.1, -0.05) is 30.3 Å². The summed E-state index contributed by atoms with van der Waals surface area (Å²) >= 11 is 0. The monoisotopic (exact) mass is 502 g/mol. The molecule has 0 radical (unpaired) electrons. The molecule has 37 heavy (non-hydrogen) atoms. The lowest BCUT2D eigenvalue weighted by atomic mass is 9.71. The topological polar surface area (TPSA) is 88.1 Å². The number of dihydropyridines is 1. The summed E-state index contributed by atoms with van der Waals surface area (Å²) in [6.07, 6.45) is 2.34. The van der Waals surface area contributed by atoms with Gasteiger partial charge in [-0.2, -0.15) is 0 Å². The lowest BCUT2D eigenvalue weighted by Gasteiger charge is -2.37. The number of piperidine rings is 1. The van der Waals surface area contributed by atoms with E-state index in [4.69, 9.17) is 9.47 Å². The Kier molecular flexibility index (Phi) is 7.07. The molecule has 1 fully saturated rings. The van der Waals surface area contributed by atoms with Gasteiger partial charge in [0.1, 0.15) is 17.6 Å². The normalized spacial score (nSPS) is 22.9. The van der Waals surface area contributed by atoms with Gasteiger partial charge >= 0.3 is 5.97 Å². The van der Waals surface area contributed by atoms with Crippen LogP contribution in [-0.2, 0) is 14.3 Å². The third-order valence-corrected chi connectivity index (χ3v) is 7.77. The standard InChI is InChI=1S/C30H34N2O5/c1-18-27(30(35)37-22-11-13-32(2)14-12-22)28(19-7-6-8-21(33)15-19)29-24(31-18)16-20(17-25(29)34)23-9-4-5-10-26(23)36-3/h4-10,15,20,22,28,31,33H,11-14,16-17H2,1-3H3/t20-,28-/m1/s1. The van der Waals surface area contributed by atoms with Crippen LogP contribution in [0.25, 0.3) is 0 Å². The van der Waals surface area contributed by atoms with Crippen LogP contribution in [0, 0.1) is 0 Å². The zero-order valence-corrected chi connectivity index (χ0v) is 21.6. The zero-order valence-electron chi connectivity index (χ0n) is 21.6. The van der Waals surface area contributed by atoms with Gasteiger partial charge in [0.25, 0.3) is 0 Å². The number of rotatable bonds is 5. The Morgan fingerprint density at radius 1 is 1.08 bits per heavy atom. The predicted molar refractivity (Wildman–Crippen MR) is 140 cm³/mol. The van der Waals surface area contributed by atoms with Crippen molar-refractivity contribution in [3.8, 4) is 11.5 Å². The summed E-state index contributed by atoms with van der Waals surface area (Å²) in [6, 6.07) is 14.6. The van der Waals surface area contributed by atoms with Crippen molar-refractivity contribution in [1.29, 1.82) is 0 Å². The highest BCUT2D eigenvalue weighted by molar-refractivity contribution is 6.04. The van der Waals surface area contributed by atoms with E-state index in [1.165, 1.54) is 0 Å². The van der Waals surface area contributed by atoms with E-state index in [-0.39, 0.29) is 23.6 Å². The molecule has 7 heteroatoms. The molecule has 0 aromatic heterocycles. The van der Waals surface area contributed by atoms with Crippen molar-refractivity contribution in [2.45, 2.75) is 50.5 Å². The van der Waals surface area contributed by atoms with E-state index >= 15 is 0 Å². The number of carbonyl (C=O) groups is 2. The van der Waals surface area contributed by atoms with Gasteiger partial charge in [-0.25, -0.2) is 4.79 Å². The lowest BCUT2D eigenvalue weighted by molar-refractivity contribution is -0.146. The Morgan fingerprint density at radius 3 is 2.57 bits per heavy atom. The van der Waals surface area contributed by atoms with E-state index in [0.29, 0.717) is 35.2 Å². The first-order chi connectivity index (χ1) is 17.9. The Labute approximate surface area is 217 Å². The SMILES string of the molecule is COc1ccccc1[C@H]1CC(=O)C2=C(C1)NC(C)=C(C(=O)OC1CCN(C)CC1)[C@H]2c1cccc(O)c1. The smallest absolute Gasteiger partial charge is 0.337 e. The van der Waals surface area contributed by atoms with Crippen LogP contribution < -0.4 is 10.1 Å². The summed E-state index contributed by atoms with van der Waals surface area (Å²) in [7, 11) is 3.70. The highest BCUT2D eigenvalue weighted by Crippen LogP contribution is 2.47. The second kappa shape index (κ2) is 10.4. The summed E-state index contributed by atoms with van der Waals surface area (Å²) in [4.78, 5) is 29.7. The van der Waals surface area contributed by atoms with E-state index in [1.54, 1.807) is 25.3 Å². The molecular formula is C30H34N2O5. The third kappa shape index (κ3) is 5.01. The second-order valence-electron chi connectivity index (χ2n) is 10.3. The summed E-state index contributed by atoms with van der Waals surface area (Å²) in [5.41, 5.74) is 4.21. The fourth-order valence-corrected chi connectivity index (χ4v) is 5.89. The number of nitrogens with one attached hydrogen (secondary N) is 1. The van der Waals surface area contributed by atoms with Crippen LogP contribution in [0.15, 0.2) is 71.1 Å². The van der Waals surface area contributed by atoms with Gasteiger partial charge in [-0.3, -0.25) is 4.79 Å². The minimum Gasteiger partial charge on any atom is -0.508 e. The van der Waals surface area contributed by atoms with Crippen LogP contribution in [-0.4, -0.2) is 55.1 Å². The number of carbonyl (C=O) groups excluding carboxylic acids is 2. The van der Waals surface area contributed by atoms with E-state index in [2.05, 4.69) is 17.3 Å². The van der Waals surface area contributed by atoms with Crippen LogP contribution in [0.5, 0.6) is 11.5 Å².